The van der Waals surface area contributed by atoms with Crippen LogP contribution < -0.4 is 0 Å². The predicted octanol–water partition coefficient (Wildman–Crippen LogP) is 9.71. The van der Waals surface area contributed by atoms with E-state index in [0.29, 0.717) is 5.82 Å². The van der Waals surface area contributed by atoms with E-state index in [-0.39, 0.29) is 0 Å². The Morgan fingerprint density at radius 1 is 0.581 bits per heavy atom. The van der Waals surface area contributed by atoms with Gasteiger partial charge in [0.25, 0.3) is 0 Å². The van der Waals surface area contributed by atoms with Gasteiger partial charge in [-0.15, -0.1) is 0 Å². The molecule has 7 aromatic rings. The van der Waals surface area contributed by atoms with Crippen molar-refractivity contribution >= 4 is 17.0 Å². The van der Waals surface area contributed by atoms with Crippen LogP contribution in [0, 0.1) is 6.92 Å². The van der Waals surface area contributed by atoms with E-state index < -0.39 is 0 Å². The fourth-order valence-corrected chi connectivity index (χ4v) is 5.55. The van der Waals surface area contributed by atoms with Crippen molar-refractivity contribution in [2.24, 2.45) is 0 Å². The number of nitrogens with zero attached hydrogens (tertiary/aromatic N) is 4. The van der Waals surface area contributed by atoms with E-state index in [1.165, 1.54) is 5.56 Å². The molecule has 0 amide bonds. The summed E-state index contributed by atoms with van der Waals surface area (Å²) in [5.74, 6) is 0.674. The van der Waals surface area contributed by atoms with Crippen LogP contribution in [0.5, 0.6) is 0 Å². The minimum Gasteiger partial charge on any atom is -0.255 e. The fraction of sp³-hybridized carbons (Fsp3) is 0.0256. The molecule has 0 atom stereocenters. The highest BCUT2D eigenvalue weighted by Gasteiger charge is 2.19. The number of aromatic nitrogens is 4. The van der Waals surface area contributed by atoms with Crippen LogP contribution in [0.2, 0.25) is 0 Å². The monoisotopic (exact) mass is 552 g/mol. The van der Waals surface area contributed by atoms with Crippen molar-refractivity contribution in [1.82, 2.24) is 19.9 Å². The molecular weight excluding hydrogens is 524 g/mol. The third-order valence-corrected chi connectivity index (χ3v) is 7.67. The topological polar surface area (TPSA) is 51.6 Å². The largest absolute Gasteiger partial charge is 0.255 e. The summed E-state index contributed by atoms with van der Waals surface area (Å²) in [6.45, 7) is 6.36. The summed E-state index contributed by atoms with van der Waals surface area (Å²) >= 11 is 0. The first-order valence-corrected chi connectivity index (χ1v) is 14.3. The minimum atomic E-state index is 0.674. The van der Waals surface area contributed by atoms with Gasteiger partial charge in [-0.25, -0.2) is 15.0 Å². The van der Waals surface area contributed by atoms with E-state index in [2.05, 4.69) is 74.2 Å². The predicted molar refractivity (Wildman–Crippen MR) is 177 cm³/mol. The van der Waals surface area contributed by atoms with Gasteiger partial charge in [-0.05, 0) is 42.3 Å². The Bertz CT molecular complexity index is 2040. The summed E-state index contributed by atoms with van der Waals surface area (Å²) in [5, 5.41) is 1.09. The zero-order valence-electron chi connectivity index (χ0n) is 23.8. The second kappa shape index (κ2) is 11.3. The van der Waals surface area contributed by atoms with Gasteiger partial charge < -0.3 is 0 Å². The fourth-order valence-electron chi connectivity index (χ4n) is 5.55. The molecule has 7 rings (SSSR count). The summed E-state index contributed by atoms with van der Waals surface area (Å²) in [5.41, 5.74) is 11.5. The van der Waals surface area contributed by atoms with E-state index in [9.17, 15) is 0 Å². The van der Waals surface area contributed by atoms with Gasteiger partial charge in [0.2, 0.25) is 0 Å². The van der Waals surface area contributed by atoms with Gasteiger partial charge in [0.15, 0.2) is 5.82 Å². The Labute approximate surface area is 251 Å². The summed E-state index contributed by atoms with van der Waals surface area (Å²) in [7, 11) is 0. The summed E-state index contributed by atoms with van der Waals surface area (Å²) in [6.07, 6.45) is 3.73. The number of fused-ring (bicyclic) bond motifs is 1. The van der Waals surface area contributed by atoms with Gasteiger partial charge in [-0.3, -0.25) is 4.98 Å². The van der Waals surface area contributed by atoms with Gasteiger partial charge in [0.05, 0.1) is 28.3 Å². The molecule has 4 heteroatoms. The number of para-hydroxylation sites is 1. The summed E-state index contributed by atoms with van der Waals surface area (Å²) < 4.78 is 0. The second-order valence-electron chi connectivity index (χ2n) is 10.4. The lowest BCUT2D eigenvalue weighted by Gasteiger charge is -2.17. The average Bonchev–Trinajstić information content (AvgIpc) is 3.08. The molecule has 0 bridgehead atoms. The van der Waals surface area contributed by atoms with Gasteiger partial charge in [0.1, 0.15) is 0 Å². The normalized spacial score (nSPS) is 11.0. The summed E-state index contributed by atoms with van der Waals surface area (Å²) in [4.78, 5) is 19.9. The molecule has 0 radical (unpaired) electrons. The van der Waals surface area contributed by atoms with Crippen molar-refractivity contribution in [2.75, 3.05) is 0 Å². The highest BCUT2D eigenvalue weighted by molar-refractivity contribution is 6.02. The van der Waals surface area contributed by atoms with Crippen LogP contribution in [0.15, 0.2) is 140 Å². The van der Waals surface area contributed by atoms with E-state index in [0.717, 1.165) is 67.1 Å². The molecule has 0 saturated heterocycles. The minimum absolute atomic E-state index is 0.674. The SMILES string of the molecule is C=Cc1c(-c2cc(-c3cc(-c4ccccc4)nc(-c4ccccc4)n3)ccn2)nc2ccccc2c1-c1ccccc1C. The number of hydrogen-bond acceptors (Lipinski definition) is 4. The van der Waals surface area contributed by atoms with E-state index in [1.54, 1.807) is 0 Å². The molecule has 0 fully saturated rings. The third-order valence-electron chi connectivity index (χ3n) is 7.67. The van der Waals surface area contributed by atoms with Crippen molar-refractivity contribution in [1.29, 1.82) is 0 Å². The maximum atomic E-state index is 5.13. The van der Waals surface area contributed by atoms with Crippen molar-refractivity contribution < 1.29 is 0 Å². The van der Waals surface area contributed by atoms with Crippen molar-refractivity contribution in [3.63, 3.8) is 0 Å². The molecule has 3 aromatic heterocycles. The molecule has 43 heavy (non-hydrogen) atoms. The maximum Gasteiger partial charge on any atom is 0.160 e. The van der Waals surface area contributed by atoms with Crippen molar-refractivity contribution in [3.8, 4) is 56.4 Å². The standard InChI is InChI=1S/C39H28N4/c1-3-30-37(31-19-11-10-14-26(31)2)32-20-12-13-21-33(32)41-38(30)36-24-29(22-23-40-36)35-25-34(27-15-6-4-7-16-27)42-39(43-35)28-17-8-5-9-18-28/h3-25H,1H2,2H3. The smallest absolute Gasteiger partial charge is 0.160 e. The molecule has 0 saturated carbocycles. The zero-order valence-corrected chi connectivity index (χ0v) is 23.8. The van der Waals surface area contributed by atoms with Crippen LogP contribution in [0.3, 0.4) is 0 Å². The molecule has 4 nitrogen and oxygen atoms in total. The van der Waals surface area contributed by atoms with Crippen molar-refractivity contribution in [2.45, 2.75) is 6.92 Å². The van der Waals surface area contributed by atoms with Gasteiger partial charge in [-0.2, -0.15) is 0 Å². The number of benzene rings is 4. The van der Waals surface area contributed by atoms with Crippen LogP contribution in [-0.2, 0) is 0 Å². The first kappa shape index (κ1) is 26.2. The zero-order chi connectivity index (χ0) is 29.2. The number of rotatable bonds is 6. The Hall–Kier alpha value is -5.74. The van der Waals surface area contributed by atoms with Crippen molar-refractivity contribution in [3.05, 3.63) is 151 Å². The van der Waals surface area contributed by atoms with E-state index >= 15 is 0 Å². The average molecular weight is 553 g/mol. The lowest BCUT2D eigenvalue weighted by atomic mass is 9.90. The van der Waals surface area contributed by atoms with E-state index in [4.69, 9.17) is 19.9 Å². The molecule has 4 aromatic carbocycles. The molecule has 0 aliphatic carbocycles. The third kappa shape index (κ3) is 5.00. The van der Waals surface area contributed by atoms with E-state index in [1.807, 2.05) is 79.0 Å². The second-order valence-corrected chi connectivity index (χ2v) is 10.4. The Kier molecular flexibility index (Phi) is 6.86. The maximum absolute atomic E-state index is 5.13. The summed E-state index contributed by atoms with van der Waals surface area (Å²) in [6, 6.07) is 43.1. The molecule has 3 heterocycles. The Balaban J connectivity index is 1.44. The quantitative estimate of drug-likeness (QED) is 0.206. The Morgan fingerprint density at radius 2 is 1.23 bits per heavy atom. The molecule has 0 N–H and O–H groups in total. The van der Waals surface area contributed by atoms with Crippen LogP contribution in [0.25, 0.3) is 73.4 Å². The first-order chi connectivity index (χ1) is 21.2. The highest BCUT2D eigenvalue weighted by atomic mass is 14.9. The molecule has 0 aliphatic rings. The lowest BCUT2D eigenvalue weighted by molar-refractivity contribution is 1.18. The van der Waals surface area contributed by atoms with Crippen LogP contribution >= 0.6 is 0 Å². The first-order valence-electron chi connectivity index (χ1n) is 14.3. The number of aryl methyl sites for hydroxylation is 1. The van der Waals surface area contributed by atoms with Crippen LogP contribution in [0.1, 0.15) is 11.1 Å². The molecule has 0 aliphatic heterocycles. The molecule has 0 unspecified atom stereocenters. The van der Waals surface area contributed by atoms with Crippen LogP contribution in [-0.4, -0.2) is 19.9 Å². The molecule has 0 spiro atoms. The lowest BCUT2D eigenvalue weighted by Crippen LogP contribution is -1.99. The van der Waals surface area contributed by atoms with Gasteiger partial charge in [-0.1, -0.05) is 116 Å². The van der Waals surface area contributed by atoms with Crippen LogP contribution in [0.4, 0.5) is 0 Å². The molecule has 204 valence electrons. The highest BCUT2D eigenvalue weighted by Crippen LogP contribution is 2.39. The Morgan fingerprint density at radius 3 is 1.98 bits per heavy atom. The number of hydrogen-bond donors (Lipinski definition) is 0. The number of pyridine rings is 2. The van der Waals surface area contributed by atoms with Gasteiger partial charge in [0, 0.05) is 39.4 Å². The molecular formula is C39H28N4. The van der Waals surface area contributed by atoms with Gasteiger partial charge >= 0.3 is 0 Å².